The van der Waals surface area contributed by atoms with Crippen LogP contribution in [0.15, 0.2) is 30.3 Å². The van der Waals surface area contributed by atoms with Crippen LogP contribution < -0.4 is 16.0 Å². The molecule has 0 saturated heterocycles. The Balaban J connectivity index is 1.61. The third-order valence-corrected chi connectivity index (χ3v) is 4.10. The minimum atomic E-state index is -0.848. The van der Waals surface area contributed by atoms with Gasteiger partial charge in [0.2, 0.25) is 0 Å². The van der Waals surface area contributed by atoms with Crippen LogP contribution in [-0.4, -0.2) is 36.6 Å². The summed E-state index contributed by atoms with van der Waals surface area (Å²) in [5.74, 6) is -1.25. The molecule has 0 atom stereocenters. The molecule has 0 spiro atoms. The van der Waals surface area contributed by atoms with Crippen molar-refractivity contribution >= 4 is 17.9 Å². The molecule has 8 nitrogen and oxygen atoms in total. The first kappa shape index (κ1) is 19.2. The highest BCUT2D eigenvalue weighted by atomic mass is 16.5. The van der Waals surface area contributed by atoms with Crippen molar-refractivity contribution < 1.29 is 19.1 Å². The number of nitriles is 1. The van der Waals surface area contributed by atoms with Gasteiger partial charge in [-0.25, -0.2) is 4.79 Å². The number of esters is 1. The third kappa shape index (κ3) is 6.09. The summed E-state index contributed by atoms with van der Waals surface area (Å²) >= 11 is 0. The highest BCUT2D eigenvalue weighted by Crippen LogP contribution is 2.28. The van der Waals surface area contributed by atoms with Crippen molar-refractivity contribution in [1.82, 2.24) is 16.0 Å². The van der Waals surface area contributed by atoms with Crippen molar-refractivity contribution in [2.45, 2.75) is 37.8 Å². The molecule has 1 saturated carbocycles. The maximum Gasteiger partial charge on any atom is 0.325 e. The van der Waals surface area contributed by atoms with Crippen LogP contribution in [0.4, 0.5) is 4.79 Å². The lowest BCUT2D eigenvalue weighted by Gasteiger charge is -2.21. The van der Waals surface area contributed by atoms with E-state index in [1.807, 2.05) is 30.3 Å². The molecule has 1 fully saturated rings. The average molecular weight is 358 g/mol. The number of carbonyl (C=O) groups is 3. The van der Waals surface area contributed by atoms with E-state index in [1.165, 1.54) is 0 Å². The zero-order chi connectivity index (χ0) is 18.8. The molecule has 26 heavy (non-hydrogen) atoms. The zero-order valence-electron chi connectivity index (χ0n) is 14.4. The molecule has 1 aliphatic carbocycles. The number of hydrogen-bond donors (Lipinski definition) is 3. The summed E-state index contributed by atoms with van der Waals surface area (Å²) in [6.45, 7) is -0.493. The van der Waals surface area contributed by atoms with Crippen LogP contribution in [0.25, 0.3) is 0 Å². The molecule has 138 valence electrons. The summed E-state index contributed by atoms with van der Waals surface area (Å²) in [5, 5.41) is 16.8. The van der Waals surface area contributed by atoms with Gasteiger partial charge < -0.3 is 20.7 Å². The number of ether oxygens (including phenoxy) is 1. The fourth-order valence-electron chi connectivity index (χ4n) is 2.74. The first-order chi connectivity index (χ1) is 12.5. The van der Waals surface area contributed by atoms with E-state index in [4.69, 9.17) is 4.74 Å². The topological polar surface area (TPSA) is 120 Å². The summed E-state index contributed by atoms with van der Waals surface area (Å²) in [6.07, 6.45) is 2.98. The summed E-state index contributed by atoms with van der Waals surface area (Å²) in [6, 6.07) is 10.9. The molecule has 3 amide bonds. The Morgan fingerprint density at radius 2 is 1.81 bits per heavy atom. The molecule has 1 aromatic carbocycles. The Kier molecular flexibility index (Phi) is 6.97. The van der Waals surface area contributed by atoms with Gasteiger partial charge in [0, 0.05) is 6.54 Å². The predicted molar refractivity (Wildman–Crippen MR) is 92.6 cm³/mol. The predicted octanol–water partition coefficient (Wildman–Crippen LogP) is 0.982. The van der Waals surface area contributed by atoms with Crippen LogP contribution in [0.3, 0.4) is 0 Å². The summed E-state index contributed by atoms with van der Waals surface area (Å²) in [5.41, 5.74) is 0.0826. The average Bonchev–Trinajstić information content (AvgIpc) is 3.12. The number of nitrogens with one attached hydrogen (secondary N) is 3. The number of urea groups is 1. The molecule has 0 radical (unpaired) electrons. The van der Waals surface area contributed by atoms with E-state index in [-0.39, 0.29) is 6.54 Å². The van der Waals surface area contributed by atoms with E-state index in [1.54, 1.807) is 0 Å². The molecule has 3 N–H and O–H groups in total. The van der Waals surface area contributed by atoms with Gasteiger partial charge in [0.15, 0.2) is 6.61 Å². The summed E-state index contributed by atoms with van der Waals surface area (Å²) in [7, 11) is 0. The van der Waals surface area contributed by atoms with E-state index >= 15 is 0 Å². The second kappa shape index (κ2) is 9.42. The lowest BCUT2D eigenvalue weighted by Crippen LogP contribution is -2.47. The van der Waals surface area contributed by atoms with Crippen LogP contribution in [0, 0.1) is 11.3 Å². The Morgan fingerprint density at radius 1 is 1.12 bits per heavy atom. The molecule has 1 aliphatic rings. The van der Waals surface area contributed by atoms with Crippen LogP contribution in [0.2, 0.25) is 0 Å². The first-order valence-electron chi connectivity index (χ1n) is 8.46. The maximum absolute atomic E-state index is 11.8. The number of benzene rings is 1. The largest absolute Gasteiger partial charge is 0.454 e. The lowest BCUT2D eigenvalue weighted by atomic mass is 10.00. The number of hydrogen-bond acceptors (Lipinski definition) is 5. The number of nitrogens with zero attached hydrogens (tertiary/aromatic N) is 1. The number of rotatable bonds is 7. The molecule has 2 rings (SSSR count). The molecule has 1 aromatic rings. The molecule has 0 bridgehead atoms. The smallest absolute Gasteiger partial charge is 0.325 e. The van der Waals surface area contributed by atoms with Gasteiger partial charge in [-0.3, -0.25) is 9.59 Å². The van der Waals surface area contributed by atoms with Gasteiger partial charge in [0.05, 0.1) is 6.07 Å². The monoisotopic (exact) mass is 358 g/mol. The van der Waals surface area contributed by atoms with Crippen molar-refractivity contribution in [3.8, 4) is 6.07 Å². The Bertz CT molecular complexity index is 678. The third-order valence-electron chi connectivity index (χ3n) is 4.10. The highest BCUT2D eigenvalue weighted by molar-refractivity contribution is 5.84. The van der Waals surface area contributed by atoms with Crippen molar-refractivity contribution in [3.63, 3.8) is 0 Å². The number of amides is 3. The fraction of sp³-hybridized carbons (Fsp3) is 0.444. The van der Waals surface area contributed by atoms with Crippen molar-refractivity contribution in [2.75, 3.05) is 13.2 Å². The lowest BCUT2D eigenvalue weighted by molar-refractivity contribution is -0.147. The van der Waals surface area contributed by atoms with Gasteiger partial charge in [0.1, 0.15) is 12.1 Å². The standard InChI is InChI=1S/C18H22N4O4/c19-13-18(8-4-5-9-18)22-15(23)12-26-16(24)11-21-17(25)20-10-14-6-2-1-3-7-14/h1-3,6-7H,4-5,8-12H2,(H,22,23)(H2,20,21,25). The molecule has 0 aliphatic heterocycles. The molecule has 0 unspecified atom stereocenters. The molecule has 8 heteroatoms. The molecular formula is C18H22N4O4. The van der Waals surface area contributed by atoms with E-state index in [0.717, 1.165) is 18.4 Å². The Hall–Kier alpha value is -3.08. The van der Waals surface area contributed by atoms with Crippen LogP contribution in [-0.2, 0) is 20.9 Å². The highest BCUT2D eigenvalue weighted by Gasteiger charge is 2.35. The van der Waals surface area contributed by atoms with Crippen molar-refractivity contribution in [3.05, 3.63) is 35.9 Å². The van der Waals surface area contributed by atoms with Crippen LogP contribution in [0.1, 0.15) is 31.2 Å². The minimum Gasteiger partial charge on any atom is -0.454 e. The molecular weight excluding hydrogens is 336 g/mol. The van der Waals surface area contributed by atoms with Gasteiger partial charge in [-0.05, 0) is 31.2 Å². The van der Waals surface area contributed by atoms with E-state index in [2.05, 4.69) is 22.0 Å². The minimum absolute atomic E-state index is 0.334. The van der Waals surface area contributed by atoms with E-state index in [0.29, 0.717) is 19.4 Å². The van der Waals surface area contributed by atoms with Gasteiger partial charge in [-0.1, -0.05) is 30.3 Å². The SMILES string of the molecule is N#CC1(NC(=O)COC(=O)CNC(=O)NCc2ccccc2)CCCC1. The van der Waals surface area contributed by atoms with Gasteiger partial charge >= 0.3 is 12.0 Å². The summed E-state index contributed by atoms with van der Waals surface area (Å²) < 4.78 is 4.81. The summed E-state index contributed by atoms with van der Waals surface area (Å²) in [4.78, 5) is 35.1. The molecule has 0 aromatic heterocycles. The van der Waals surface area contributed by atoms with Crippen molar-refractivity contribution in [1.29, 1.82) is 5.26 Å². The second-order valence-corrected chi connectivity index (χ2v) is 6.13. The van der Waals surface area contributed by atoms with Gasteiger partial charge in [0.25, 0.3) is 5.91 Å². The van der Waals surface area contributed by atoms with Gasteiger partial charge in [-0.15, -0.1) is 0 Å². The van der Waals surface area contributed by atoms with Crippen LogP contribution >= 0.6 is 0 Å². The van der Waals surface area contributed by atoms with Crippen LogP contribution in [0.5, 0.6) is 0 Å². The molecule has 0 heterocycles. The van der Waals surface area contributed by atoms with E-state index < -0.39 is 30.1 Å². The van der Waals surface area contributed by atoms with Crippen molar-refractivity contribution in [2.24, 2.45) is 0 Å². The zero-order valence-corrected chi connectivity index (χ0v) is 14.4. The normalized spacial score (nSPS) is 14.7. The Morgan fingerprint density at radius 3 is 2.46 bits per heavy atom. The van der Waals surface area contributed by atoms with Gasteiger partial charge in [-0.2, -0.15) is 5.26 Å². The Labute approximate surface area is 151 Å². The maximum atomic E-state index is 11.8. The fourth-order valence-corrected chi connectivity index (χ4v) is 2.74. The second-order valence-electron chi connectivity index (χ2n) is 6.13. The number of carbonyl (C=O) groups excluding carboxylic acids is 3. The first-order valence-corrected chi connectivity index (χ1v) is 8.46. The van der Waals surface area contributed by atoms with E-state index in [9.17, 15) is 19.6 Å². The quantitative estimate of drug-likeness (QED) is 0.628.